The van der Waals surface area contributed by atoms with Crippen LogP contribution in [0.5, 0.6) is 0 Å². The summed E-state index contributed by atoms with van der Waals surface area (Å²) in [5, 5.41) is 8.35. The molecule has 0 spiro atoms. The molecule has 3 nitrogen and oxygen atoms in total. The van der Waals surface area contributed by atoms with Crippen molar-refractivity contribution in [1.82, 2.24) is 0 Å². The minimum atomic E-state index is -0.270. The van der Waals surface area contributed by atoms with Crippen LogP contribution in [0.1, 0.15) is 26.2 Å². The molecule has 0 aliphatic carbocycles. The van der Waals surface area contributed by atoms with Gasteiger partial charge in [-0.15, -0.1) is 0 Å². The molecule has 0 aliphatic rings. The molecule has 11 heavy (non-hydrogen) atoms. The molecular formula is C8H13NO2. The fraction of sp³-hybridized carbons (Fsp3) is 0.750. The van der Waals surface area contributed by atoms with Gasteiger partial charge in [0.15, 0.2) is 0 Å². The summed E-state index contributed by atoms with van der Waals surface area (Å²) in [6, 6.07) is 1.97. The van der Waals surface area contributed by atoms with Crippen molar-refractivity contribution in [3.05, 3.63) is 0 Å². The van der Waals surface area contributed by atoms with Crippen LogP contribution in [0.4, 0.5) is 0 Å². The van der Waals surface area contributed by atoms with E-state index < -0.39 is 0 Å². The van der Waals surface area contributed by atoms with Gasteiger partial charge in [-0.25, -0.2) is 0 Å². The molecule has 0 aromatic rings. The average Bonchev–Trinajstić information content (AvgIpc) is 2.03. The first-order valence-corrected chi connectivity index (χ1v) is 3.71. The second-order valence-corrected chi connectivity index (χ2v) is 2.37. The largest absolute Gasteiger partial charge is 0.469 e. The van der Waals surface area contributed by atoms with E-state index in [2.05, 4.69) is 4.74 Å². The lowest BCUT2D eigenvalue weighted by Crippen LogP contribution is -2.15. The zero-order chi connectivity index (χ0) is 8.69. The average molecular weight is 155 g/mol. The number of esters is 1. The Labute approximate surface area is 67.0 Å². The van der Waals surface area contributed by atoms with E-state index in [1.54, 1.807) is 0 Å². The lowest BCUT2D eigenvalue weighted by atomic mass is 10.0. The van der Waals surface area contributed by atoms with E-state index in [1.165, 1.54) is 7.11 Å². The smallest absolute Gasteiger partial charge is 0.309 e. The molecule has 0 rings (SSSR count). The van der Waals surface area contributed by atoms with Crippen molar-refractivity contribution in [3.63, 3.8) is 0 Å². The van der Waals surface area contributed by atoms with E-state index in [1.807, 2.05) is 13.0 Å². The van der Waals surface area contributed by atoms with Crippen molar-refractivity contribution in [2.75, 3.05) is 7.11 Å². The van der Waals surface area contributed by atoms with Gasteiger partial charge in [-0.05, 0) is 6.42 Å². The first kappa shape index (κ1) is 9.96. The number of hydrogen-bond acceptors (Lipinski definition) is 3. The van der Waals surface area contributed by atoms with E-state index in [4.69, 9.17) is 5.26 Å². The SMILES string of the molecule is CCCC(CC#N)C(=O)OC. The third-order valence-corrected chi connectivity index (χ3v) is 1.51. The predicted molar refractivity (Wildman–Crippen MR) is 40.6 cm³/mol. The van der Waals surface area contributed by atoms with Crippen LogP contribution in [0.3, 0.4) is 0 Å². The van der Waals surface area contributed by atoms with Crippen LogP contribution in [0.2, 0.25) is 0 Å². The third-order valence-electron chi connectivity index (χ3n) is 1.51. The van der Waals surface area contributed by atoms with Gasteiger partial charge in [0.1, 0.15) is 0 Å². The fourth-order valence-corrected chi connectivity index (χ4v) is 0.929. The highest BCUT2D eigenvalue weighted by Gasteiger charge is 2.16. The van der Waals surface area contributed by atoms with Crippen molar-refractivity contribution in [1.29, 1.82) is 5.26 Å². The molecule has 0 bridgehead atoms. The molecule has 0 saturated carbocycles. The molecule has 1 atom stereocenters. The van der Waals surface area contributed by atoms with Crippen LogP contribution < -0.4 is 0 Å². The van der Waals surface area contributed by atoms with Gasteiger partial charge < -0.3 is 4.74 Å². The van der Waals surface area contributed by atoms with Crippen LogP contribution in [0.25, 0.3) is 0 Å². The summed E-state index contributed by atoms with van der Waals surface area (Å²) in [6.45, 7) is 1.98. The zero-order valence-electron chi connectivity index (χ0n) is 6.96. The Hall–Kier alpha value is -1.04. The highest BCUT2D eigenvalue weighted by atomic mass is 16.5. The van der Waals surface area contributed by atoms with Crippen LogP contribution >= 0.6 is 0 Å². The van der Waals surface area contributed by atoms with Gasteiger partial charge in [0.2, 0.25) is 0 Å². The number of nitrogens with zero attached hydrogens (tertiary/aromatic N) is 1. The number of rotatable bonds is 4. The van der Waals surface area contributed by atoms with Crippen molar-refractivity contribution < 1.29 is 9.53 Å². The maximum Gasteiger partial charge on any atom is 0.309 e. The number of methoxy groups -OCH3 is 1. The highest BCUT2D eigenvalue weighted by molar-refractivity contribution is 5.72. The summed E-state index contributed by atoms with van der Waals surface area (Å²) in [7, 11) is 1.35. The molecular weight excluding hydrogens is 142 g/mol. The summed E-state index contributed by atoms with van der Waals surface area (Å²) in [6.07, 6.45) is 1.90. The second-order valence-electron chi connectivity index (χ2n) is 2.37. The Balaban J connectivity index is 3.89. The number of ether oxygens (including phenoxy) is 1. The topological polar surface area (TPSA) is 50.1 Å². The maximum atomic E-state index is 10.9. The lowest BCUT2D eigenvalue weighted by Gasteiger charge is -2.08. The molecule has 0 heterocycles. The zero-order valence-corrected chi connectivity index (χ0v) is 6.96. The Kier molecular flexibility index (Phi) is 5.18. The van der Waals surface area contributed by atoms with Crippen molar-refractivity contribution in [2.24, 2.45) is 5.92 Å². The lowest BCUT2D eigenvalue weighted by molar-refractivity contribution is -0.145. The molecule has 0 aromatic carbocycles. The number of carbonyl (C=O) groups is 1. The molecule has 0 N–H and O–H groups in total. The number of nitriles is 1. The summed E-state index contributed by atoms with van der Waals surface area (Å²) in [5.41, 5.74) is 0. The maximum absolute atomic E-state index is 10.9. The summed E-state index contributed by atoms with van der Waals surface area (Å²) in [5.74, 6) is -0.497. The molecule has 0 amide bonds. The Morgan fingerprint density at radius 2 is 2.36 bits per heavy atom. The van der Waals surface area contributed by atoms with Gasteiger partial charge in [-0.3, -0.25) is 4.79 Å². The fourth-order valence-electron chi connectivity index (χ4n) is 0.929. The molecule has 3 heteroatoms. The van der Waals surface area contributed by atoms with Gasteiger partial charge in [0.25, 0.3) is 0 Å². The first-order chi connectivity index (χ1) is 5.26. The monoisotopic (exact) mass is 155 g/mol. The minimum absolute atomic E-state index is 0.227. The Morgan fingerprint density at radius 1 is 1.73 bits per heavy atom. The standard InChI is InChI=1S/C8H13NO2/c1-3-4-7(5-6-9)8(10)11-2/h7H,3-5H2,1-2H3. The predicted octanol–water partition coefficient (Wildman–Crippen LogP) is 1.49. The van der Waals surface area contributed by atoms with Gasteiger partial charge >= 0.3 is 5.97 Å². The molecule has 62 valence electrons. The van der Waals surface area contributed by atoms with Crippen LogP contribution in [-0.2, 0) is 9.53 Å². The van der Waals surface area contributed by atoms with E-state index in [9.17, 15) is 4.79 Å². The number of carbonyl (C=O) groups excluding carboxylic acids is 1. The van der Waals surface area contributed by atoms with Crippen LogP contribution in [0, 0.1) is 17.2 Å². The summed E-state index contributed by atoms with van der Waals surface area (Å²) in [4.78, 5) is 10.9. The van der Waals surface area contributed by atoms with Crippen molar-refractivity contribution >= 4 is 5.97 Å². The Bertz CT molecular complexity index is 160. The van der Waals surface area contributed by atoms with Gasteiger partial charge in [-0.2, -0.15) is 5.26 Å². The molecule has 0 radical (unpaired) electrons. The van der Waals surface area contributed by atoms with Crippen LogP contribution in [-0.4, -0.2) is 13.1 Å². The normalized spacial score (nSPS) is 11.7. The van der Waals surface area contributed by atoms with E-state index in [0.29, 0.717) is 0 Å². The van der Waals surface area contributed by atoms with E-state index in [-0.39, 0.29) is 18.3 Å². The quantitative estimate of drug-likeness (QED) is 0.578. The van der Waals surface area contributed by atoms with E-state index in [0.717, 1.165) is 12.8 Å². The Morgan fingerprint density at radius 3 is 2.73 bits per heavy atom. The second kappa shape index (κ2) is 5.72. The van der Waals surface area contributed by atoms with Gasteiger partial charge in [0, 0.05) is 6.42 Å². The summed E-state index contributed by atoms with van der Waals surface area (Å²) < 4.78 is 4.53. The first-order valence-electron chi connectivity index (χ1n) is 3.71. The molecule has 0 saturated heterocycles. The summed E-state index contributed by atoms with van der Waals surface area (Å²) >= 11 is 0. The van der Waals surface area contributed by atoms with Crippen LogP contribution in [0.15, 0.2) is 0 Å². The third kappa shape index (κ3) is 3.61. The molecule has 0 aliphatic heterocycles. The van der Waals surface area contributed by atoms with Crippen molar-refractivity contribution in [2.45, 2.75) is 26.2 Å². The van der Waals surface area contributed by atoms with Gasteiger partial charge in [-0.1, -0.05) is 13.3 Å². The molecule has 1 unspecified atom stereocenters. The minimum Gasteiger partial charge on any atom is -0.469 e. The van der Waals surface area contributed by atoms with Gasteiger partial charge in [0.05, 0.1) is 19.1 Å². The molecule has 0 fully saturated rings. The molecule has 0 aromatic heterocycles. The highest BCUT2D eigenvalue weighted by Crippen LogP contribution is 2.11. The number of hydrogen-bond donors (Lipinski definition) is 0. The van der Waals surface area contributed by atoms with E-state index >= 15 is 0 Å². The van der Waals surface area contributed by atoms with Crippen molar-refractivity contribution in [3.8, 4) is 6.07 Å².